The molecular weight excluding hydrogens is 168 g/mol. The predicted molar refractivity (Wildman–Crippen MR) is 64.4 cm³/mol. The molecule has 0 nitrogen and oxygen atoms in total. The summed E-state index contributed by atoms with van der Waals surface area (Å²) in [5, 5.41) is 0. The van der Waals surface area contributed by atoms with Gasteiger partial charge in [0.2, 0.25) is 0 Å². The molecule has 0 bridgehead atoms. The van der Waals surface area contributed by atoms with Gasteiger partial charge in [0.05, 0.1) is 0 Å². The molecule has 0 aromatic carbocycles. The molecule has 0 heterocycles. The zero-order valence-electron chi connectivity index (χ0n) is 10.4. The molecule has 1 aliphatic rings. The summed E-state index contributed by atoms with van der Waals surface area (Å²) >= 11 is 0. The van der Waals surface area contributed by atoms with Crippen LogP contribution < -0.4 is 0 Å². The molecule has 1 fully saturated rings. The molecule has 0 spiro atoms. The molecule has 0 aromatic rings. The fourth-order valence-corrected chi connectivity index (χ4v) is 2.93. The molecule has 1 rings (SSSR count). The first-order valence-corrected chi connectivity index (χ1v) is 6.74. The van der Waals surface area contributed by atoms with Crippen molar-refractivity contribution in [2.75, 3.05) is 0 Å². The summed E-state index contributed by atoms with van der Waals surface area (Å²) in [4.78, 5) is 0. The Kier molecular flexibility index (Phi) is 5.59. The van der Waals surface area contributed by atoms with Crippen molar-refractivity contribution >= 4 is 0 Å². The standard InChI is InChI=1S/C14H28/c1-4-13-8-6-5-7-9-14(13)11-10-12(2)3/h12-14H,4-11H2,1-3H3. The molecule has 0 amide bonds. The maximum atomic E-state index is 2.39. The molecule has 0 heteroatoms. The van der Waals surface area contributed by atoms with E-state index in [9.17, 15) is 0 Å². The van der Waals surface area contributed by atoms with Gasteiger partial charge in [-0.1, -0.05) is 65.7 Å². The molecule has 14 heavy (non-hydrogen) atoms. The van der Waals surface area contributed by atoms with Gasteiger partial charge in [-0.3, -0.25) is 0 Å². The number of rotatable bonds is 4. The van der Waals surface area contributed by atoms with Crippen LogP contribution in [0.1, 0.15) is 72.1 Å². The van der Waals surface area contributed by atoms with Gasteiger partial charge >= 0.3 is 0 Å². The lowest BCUT2D eigenvalue weighted by Crippen LogP contribution is -2.13. The van der Waals surface area contributed by atoms with Crippen molar-refractivity contribution in [1.82, 2.24) is 0 Å². The summed E-state index contributed by atoms with van der Waals surface area (Å²) in [7, 11) is 0. The van der Waals surface area contributed by atoms with Crippen molar-refractivity contribution in [3.63, 3.8) is 0 Å². The molecule has 1 saturated carbocycles. The van der Waals surface area contributed by atoms with E-state index < -0.39 is 0 Å². The second kappa shape index (κ2) is 6.48. The lowest BCUT2D eigenvalue weighted by molar-refractivity contribution is 0.270. The highest BCUT2D eigenvalue weighted by Crippen LogP contribution is 2.34. The summed E-state index contributed by atoms with van der Waals surface area (Å²) in [6.45, 7) is 7.10. The molecule has 2 atom stereocenters. The lowest BCUT2D eigenvalue weighted by Gasteiger charge is -2.24. The number of hydrogen-bond donors (Lipinski definition) is 0. The molecular formula is C14H28. The van der Waals surface area contributed by atoms with E-state index in [1.165, 1.54) is 51.4 Å². The summed E-state index contributed by atoms with van der Waals surface area (Å²) < 4.78 is 0. The highest BCUT2D eigenvalue weighted by atomic mass is 14.3. The second-order valence-corrected chi connectivity index (χ2v) is 5.54. The van der Waals surface area contributed by atoms with E-state index in [1.54, 1.807) is 0 Å². The largest absolute Gasteiger partial charge is 0.0651 e. The van der Waals surface area contributed by atoms with Crippen molar-refractivity contribution in [1.29, 1.82) is 0 Å². The minimum Gasteiger partial charge on any atom is -0.0651 e. The lowest BCUT2D eigenvalue weighted by atomic mass is 9.82. The third-order valence-electron chi connectivity index (χ3n) is 3.96. The van der Waals surface area contributed by atoms with Gasteiger partial charge in [0.15, 0.2) is 0 Å². The van der Waals surface area contributed by atoms with E-state index in [0.717, 1.165) is 17.8 Å². The molecule has 0 radical (unpaired) electrons. The SMILES string of the molecule is CCC1CCCCCC1CCC(C)C. The van der Waals surface area contributed by atoms with E-state index in [1.807, 2.05) is 0 Å². The Morgan fingerprint density at radius 3 is 2.21 bits per heavy atom. The van der Waals surface area contributed by atoms with Crippen LogP contribution in [-0.4, -0.2) is 0 Å². The highest BCUT2D eigenvalue weighted by Gasteiger charge is 2.21. The van der Waals surface area contributed by atoms with Gasteiger partial charge in [0.1, 0.15) is 0 Å². The monoisotopic (exact) mass is 196 g/mol. The third-order valence-corrected chi connectivity index (χ3v) is 3.96. The molecule has 0 saturated heterocycles. The smallest absolute Gasteiger partial charge is 0.0386 e. The van der Waals surface area contributed by atoms with Crippen molar-refractivity contribution in [3.8, 4) is 0 Å². The minimum atomic E-state index is 0.899. The first-order chi connectivity index (χ1) is 6.74. The molecule has 0 aromatic heterocycles. The highest BCUT2D eigenvalue weighted by molar-refractivity contribution is 4.73. The number of hydrogen-bond acceptors (Lipinski definition) is 0. The average molecular weight is 196 g/mol. The fourth-order valence-electron chi connectivity index (χ4n) is 2.93. The van der Waals surface area contributed by atoms with Crippen LogP contribution in [0.2, 0.25) is 0 Å². The van der Waals surface area contributed by atoms with E-state index in [2.05, 4.69) is 20.8 Å². The summed E-state index contributed by atoms with van der Waals surface area (Å²) in [5.41, 5.74) is 0. The Hall–Kier alpha value is 0. The van der Waals surface area contributed by atoms with Crippen LogP contribution in [0.15, 0.2) is 0 Å². The first kappa shape index (κ1) is 12.1. The van der Waals surface area contributed by atoms with Crippen molar-refractivity contribution in [3.05, 3.63) is 0 Å². The van der Waals surface area contributed by atoms with E-state index in [-0.39, 0.29) is 0 Å². The van der Waals surface area contributed by atoms with Crippen LogP contribution in [0, 0.1) is 17.8 Å². The summed E-state index contributed by atoms with van der Waals surface area (Å²) in [6.07, 6.45) is 11.9. The maximum Gasteiger partial charge on any atom is -0.0386 e. The Morgan fingerprint density at radius 1 is 1.00 bits per heavy atom. The molecule has 1 aliphatic carbocycles. The predicted octanol–water partition coefficient (Wildman–Crippen LogP) is 5.03. The van der Waals surface area contributed by atoms with Crippen molar-refractivity contribution in [2.45, 2.75) is 72.1 Å². The van der Waals surface area contributed by atoms with Gasteiger partial charge in [-0.05, 0) is 24.2 Å². The molecule has 0 aliphatic heterocycles. The summed E-state index contributed by atoms with van der Waals surface area (Å²) in [6, 6.07) is 0. The van der Waals surface area contributed by atoms with Crippen LogP contribution in [0.3, 0.4) is 0 Å². The molecule has 2 unspecified atom stereocenters. The van der Waals surface area contributed by atoms with E-state index in [4.69, 9.17) is 0 Å². The van der Waals surface area contributed by atoms with Crippen LogP contribution >= 0.6 is 0 Å². The Morgan fingerprint density at radius 2 is 1.64 bits per heavy atom. The van der Waals surface area contributed by atoms with Crippen molar-refractivity contribution in [2.24, 2.45) is 17.8 Å². The van der Waals surface area contributed by atoms with Crippen LogP contribution in [0.5, 0.6) is 0 Å². The Bertz CT molecular complexity index is 137. The van der Waals surface area contributed by atoms with Gasteiger partial charge in [-0.25, -0.2) is 0 Å². The normalized spacial score (nSPS) is 29.1. The van der Waals surface area contributed by atoms with Gasteiger partial charge in [0.25, 0.3) is 0 Å². The van der Waals surface area contributed by atoms with Crippen LogP contribution in [0.4, 0.5) is 0 Å². The Balaban J connectivity index is 2.36. The average Bonchev–Trinajstić information content (AvgIpc) is 2.38. The van der Waals surface area contributed by atoms with E-state index in [0.29, 0.717) is 0 Å². The summed E-state index contributed by atoms with van der Waals surface area (Å²) in [5.74, 6) is 3.01. The maximum absolute atomic E-state index is 2.39. The second-order valence-electron chi connectivity index (χ2n) is 5.54. The van der Waals surface area contributed by atoms with Gasteiger partial charge < -0.3 is 0 Å². The van der Waals surface area contributed by atoms with Gasteiger partial charge in [-0.2, -0.15) is 0 Å². The molecule has 84 valence electrons. The van der Waals surface area contributed by atoms with Crippen LogP contribution in [0.25, 0.3) is 0 Å². The van der Waals surface area contributed by atoms with Gasteiger partial charge in [0, 0.05) is 0 Å². The molecule has 0 N–H and O–H groups in total. The Labute approximate surface area is 90.5 Å². The first-order valence-electron chi connectivity index (χ1n) is 6.74. The van der Waals surface area contributed by atoms with Crippen molar-refractivity contribution < 1.29 is 0 Å². The topological polar surface area (TPSA) is 0 Å². The third kappa shape index (κ3) is 4.02. The zero-order chi connectivity index (χ0) is 10.4. The van der Waals surface area contributed by atoms with Crippen LogP contribution in [-0.2, 0) is 0 Å². The van der Waals surface area contributed by atoms with Gasteiger partial charge in [-0.15, -0.1) is 0 Å². The fraction of sp³-hybridized carbons (Fsp3) is 1.00. The zero-order valence-corrected chi connectivity index (χ0v) is 10.4. The minimum absolute atomic E-state index is 0.899. The quantitative estimate of drug-likeness (QED) is 0.553. The van der Waals surface area contributed by atoms with E-state index >= 15 is 0 Å².